The lowest BCUT2D eigenvalue weighted by molar-refractivity contribution is -0.268. The molecular weight excluding hydrogens is 821 g/mol. The highest BCUT2D eigenvalue weighted by Gasteiger charge is 2.38. The molecule has 1 unspecified atom stereocenters. The minimum absolute atomic E-state index is 0.0123. The van der Waals surface area contributed by atoms with Gasteiger partial charge >= 0.3 is 0 Å². The van der Waals surface area contributed by atoms with Crippen molar-refractivity contribution in [3.8, 4) is 11.5 Å². The zero-order valence-electron chi connectivity index (χ0n) is 33.7. The summed E-state index contributed by atoms with van der Waals surface area (Å²) in [6.45, 7) is 16.3. The lowest BCUT2D eigenvalue weighted by atomic mass is 9.76. The van der Waals surface area contributed by atoms with Crippen molar-refractivity contribution < 1.29 is 27.9 Å². The molecule has 0 spiro atoms. The van der Waals surface area contributed by atoms with E-state index in [0.717, 1.165) is 22.7 Å². The molecule has 4 aromatic carbocycles. The molecule has 58 heavy (non-hydrogen) atoms. The predicted octanol–water partition coefficient (Wildman–Crippen LogP) is 10.4. The monoisotopic (exact) mass is 866 g/mol. The van der Waals surface area contributed by atoms with Gasteiger partial charge in [-0.25, -0.2) is 22.7 Å². The van der Waals surface area contributed by atoms with Gasteiger partial charge in [0.25, 0.3) is 21.8 Å². The number of aliphatic imine (C=N–C) groups is 2. The number of ether oxygens (including phenoxy) is 1. The summed E-state index contributed by atoms with van der Waals surface area (Å²) in [5.41, 5.74) is 1.94. The Kier molecular flexibility index (Phi) is 13.6. The number of nitrogens with one attached hydrogen (secondary N) is 2. The number of amidine groups is 1. The minimum atomic E-state index is -4.18. The topological polar surface area (TPSA) is 153 Å². The molecule has 4 aromatic rings. The fourth-order valence-electron chi connectivity index (χ4n) is 6.16. The fourth-order valence-corrected chi connectivity index (χ4v) is 8.36. The van der Waals surface area contributed by atoms with Crippen molar-refractivity contribution in [2.24, 2.45) is 9.98 Å². The van der Waals surface area contributed by atoms with Gasteiger partial charge in [0, 0.05) is 27.8 Å². The summed E-state index contributed by atoms with van der Waals surface area (Å²) in [5, 5.41) is 17.4. The van der Waals surface area contributed by atoms with E-state index in [0.29, 0.717) is 17.9 Å². The number of carbonyl (C=O) groups is 2. The number of sulfonamides is 1. The van der Waals surface area contributed by atoms with Crippen LogP contribution in [-0.4, -0.2) is 48.7 Å². The maximum absolute atomic E-state index is 14.3. The van der Waals surface area contributed by atoms with E-state index in [2.05, 4.69) is 74.3 Å². The summed E-state index contributed by atoms with van der Waals surface area (Å²) in [4.78, 5) is 37.0. The Balaban J connectivity index is 1.48. The normalized spacial score (nSPS) is 14.6. The Morgan fingerprint density at radius 2 is 1.52 bits per heavy atom. The van der Waals surface area contributed by atoms with Crippen LogP contribution in [0.25, 0.3) is 0 Å². The smallest absolute Gasteiger partial charge is 0.278 e. The van der Waals surface area contributed by atoms with Crippen molar-refractivity contribution in [1.29, 1.82) is 0 Å². The van der Waals surface area contributed by atoms with E-state index in [9.17, 15) is 23.1 Å². The van der Waals surface area contributed by atoms with Crippen LogP contribution in [0.2, 0.25) is 15.1 Å². The molecule has 0 radical (unpaired) electrons. The lowest BCUT2D eigenvalue weighted by Crippen LogP contribution is -2.46. The second-order valence-electron chi connectivity index (χ2n) is 15.1. The molecule has 5 rings (SSSR count). The molecule has 15 heteroatoms. The number of fused-ring (bicyclic) bond motifs is 1. The summed E-state index contributed by atoms with van der Waals surface area (Å²) in [7, 11) is -4.18. The standard InChI is InChI=1S/C43H48Cl3N5O6S/c1-9-34(57-35-20-17-25(42(5,6)10-2)21-28(35)43(7,8)11-3)40(53)48-26-18-19-29(44)33(24-26)50-41(54)37(47-27-22-30(45)38(52)31(46)23-27)39-49-32-15-13-14-16-36(32)58(55,56)51(39)12-4/h13-24,34,52H,9-12H2,1-8H3,(H,48,53)(H,50,54)/p-1. The lowest BCUT2D eigenvalue weighted by Gasteiger charge is -2.31. The molecule has 1 atom stereocenters. The van der Waals surface area contributed by atoms with Crippen LogP contribution in [0.4, 0.5) is 22.7 Å². The molecule has 308 valence electrons. The molecule has 0 saturated heterocycles. The van der Waals surface area contributed by atoms with Crippen molar-refractivity contribution in [3.05, 3.63) is 99.0 Å². The molecule has 0 bridgehead atoms. The van der Waals surface area contributed by atoms with Crippen molar-refractivity contribution in [2.45, 2.75) is 96.5 Å². The first kappa shape index (κ1) is 44.5. The molecule has 2 amide bonds. The first-order chi connectivity index (χ1) is 27.3. The summed E-state index contributed by atoms with van der Waals surface area (Å²) < 4.78 is 35.0. The number of hydrogen-bond acceptors (Lipinski definition) is 8. The average Bonchev–Trinajstić information content (AvgIpc) is 3.18. The van der Waals surface area contributed by atoms with Crippen LogP contribution in [0.1, 0.15) is 85.8 Å². The Morgan fingerprint density at radius 3 is 2.14 bits per heavy atom. The van der Waals surface area contributed by atoms with Gasteiger partial charge in [-0.2, -0.15) is 0 Å². The number of carbonyl (C=O) groups excluding carboxylic acids is 2. The molecule has 11 nitrogen and oxygen atoms in total. The average molecular weight is 868 g/mol. The van der Waals surface area contributed by atoms with Crippen LogP contribution in [-0.2, 0) is 30.4 Å². The van der Waals surface area contributed by atoms with Crippen LogP contribution in [0.3, 0.4) is 0 Å². The maximum Gasteiger partial charge on any atom is 0.278 e. The highest BCUT2D eigenvalue weighted by atomic mass is 35.5. The summed E-state index contributed by atoms with van der Waals surface area (Å²) in [5.74, 6) is -1.64. The third-order valence-electron chi connectivity index (χ3n) is 10.5. The van der Waals surface area contributed by atoms with E-state index in [1.165, 1.54) is 42.0 Å². The van der Waals surface area contributed by atoms with E-state index in [1.807, 2.05) is 13.0 Å². The summed E-state index contributed by atoms with van der Waals surface area (Å²) >= 11 is 18.8. The van der Waals surface area contributed by atoms with Crippen molar-refractivity contribution >= 4 is 90.9 Å². The van der Waals surface area contributed by atoms with Gasteiger partial charge in [0.1, 0.15) is 10.6 Å². The van der Waals surface area contributed by atoms with Gasteiger partial charge in [0.05, 0.1) is 22.1 Å². The van der Waals surface area contributed by atoms with E-state index in [1.54, 1.807) is 25.1 Å². The number of amides is 2. The van der Waals surface area contributed by atoms with Crippen LogP contribution < -0.4 is 20.5 Å². The molecule has 1 aliphatic rings. The second-order valence-corrected chi connectivity index (χ2v) is 18.2. The summed E-state index contributed by atoms with van der Waals surface area (Å²) in [6.07, 6.45) is 1.31. The van der Waals surface area contributed by atoms with E-state index in [4.69, 9.17) is 39.5 Å². The van der Waals surface area contributed by atoms with E-state index in [-0.39, 0.29) is 60.2 Å². The van der Waals surface area contributed by atoms with Gasteiger partial charge in [0.2, 0.25) is 0 Å². The predicted molar refractivity (Wildman–Crippen MR) is 233 cm³/mol. The molecule has 0 fully saturated rings. The first-order valence-electron chi connectivity index (χ1n) is 19.0. The molecule has 0 saturated carbocycles. The van der Waals surface area contributed by atoms with Gasteiger partial charge in [-0.15, -0.1) is 0 Å². The zero-order chi connectivity index (χ0) is 42.7. The van der Waals surface area contributed by atoms with E-state index < -0.39 is 39.4 Å². The number of benzene rings is 4. The Labute approximate surface area is 355 Å². The second kappa shape index (κ2) is 17.7. The van der Waals surface area contributed by atoms with Crippen LogP contribution in [0.15, 0.2) is 87.7 Å². The fraction of sp³-hybridized carbons (Fsp3) is 0.349. The third-order valence-corrected chi connectivity index (χ3v) is 13.3. The van der Waals surface area contributed by atoms with Crippen LogP contribution in [0.5, 0.6) is 11.5 Å². The maximum atomic E-state index is 14.3. The zero-order valence-corrected chi connectivity index (χ0v) is 36.8. The van der Waals surface area contributed by atoms with Gasteiger partial charge in [-0.1, -0.05) is 113 Å². The minimum Gasteiger partial charge on any atom is -0.870 e. The molecule has 0 aliphatic carbocycles. The number of para-hydroxylation sites is 1. The Hall–Kier alpha value is -4.62. The number of rotatable bonds is 14. The molecule has 2 N–H and O–H groups in total. The van der Waals surface area contributed by atoms with Gasteiger partial charge < -0.3 is 20.5 Å². The SMILES string of the molecule is CCC(Oc1ccc(C(C)(C)CC)cc1C(C)(C)CC)C(=O)Nc1ccc(Cl)c(NC(=O)C(=Nc2cc(Cl)c([O-])c(Cl)c2)C2=Nc3ccccc3S(=O)(=O)N2CC)c1. The number of nitrogens with zero attached hydrogens (tertiary/aromatic N) is 3. The Bertz CT molecular complexity index is 2390. The highest BCUT2D eigenvalue weighted by Crippen LogP contribution is 2.40. The van der Waals surface area contributed by atoms with Gasteiger partial charge in [0.15, 0.2) is 17.7 Å². The number of anilines is 2. The summed E-state index contributed by atoms with van der Waals surface area (Å²) in [6, 6.07) is 19.2. The number of halogens is 3. The molecular formula is C43H47Cl3N5O6S-. The quantitative estimate of drug-likeness (QED) is 0.120. The van der Waals surface area contributed by atoms with Crippen LogP contribution in [0, 0.1) is 0 Å². The molecule has 0 aromatic heterocycles. The molecule has 1 heterocycles. The first-order valence-corrected chi connectivity index (χ1v) is 21.5. The van der Waals surface area contributed by atoms with Crippen molar-refractivity contribution in [2.75, 3.05) is 17.2 Å². The van der Waals surface area contributed by atoms with Crippen molar-refractivity contribution in [3.63, 3.8) is 0 Å². The highest BCUT2D eigenvalue weighted by molar-refractivity contribution is 7.90. The third kappa shape index (κ3) is 9.31. The van der Waals surface area contributed by atoms with E-state index >= 15 is 0 Å². The van der Waals surface area contributed by atoms with Crippen LogP contribution >= 0.6 is 34.8 Å². The van der Waals surface area contributed by atoms with Crippen molar-refractivity contribution in [1.82, 2.24) is 4.31 Å². The molecule has 1 aliphatic heterocycles. The number of hydrogen-bond donors (Lipinski definition) is 2. The van der Waals surface area contributed by atoms with Gasteiger partial charge in [-0.3, -0.25) is 9.59 Å². The van der Waals surface area contributed by atoms with Gasteiger partial charge in [-0.05, 0) is 91.1 Å². The largest absolute Gasteiger partial charge is 0.870 e. The Morgan fingerprint density at radius 1 is 0.862 bits per heavy atom.